The molecule has 3 atom stereocenters. The maximum atomic E-state index is 2.50. The quantitative estimate of drug-likeness (QED) is 0.523. The van der Waals surface area contributed by atoms with Crippen molar-refractivity contribution >= 4 is 0 Å². The molecular weight excluding hydrogens is 156 g/mol. The minimum Gasteiger partial charge on any atom is -0.0625 e. The molecule has 0 aromatic carbocycles. The van der Waals surface area contributed by atoms with Gasteiger partial charge in [-0.15, -0.1) is 0 Å². The van der Waals surface area contributed by atoms with Gasteiger partial charge < -0.3 is 0 Å². The molecule has 13 heavy (non-hydrogen) atoms. The van der Waals surface area contributed by atoms with Gasteiger partial charge in [0.15, 0.2) is 0 Å². The molecule has 0 aliphatic heterocycles. The van der Waals surface area contributed by atoms with Crippen molar-refractivity contribution in [3.63, 3.8) is 0 Å². The van der Waals surface area contributed by atoms with Gasteiger partial charge in [-0.2, -0.15) is 0 Å². The topological polar surface area (TPSA) is 0 Å². The molecule has 0 nitrogen and oxygen atoms in total. The lowest BCUT2D eigenvalue weighted by atomic mass is 9.70. The minimum absolute atomic E-state index is 0.642. The van der Waals surface area contributed by atoms with Gasteiger partial charge in [0.25, 0.3) is 0 Å². The van der Waals surface area contributed by atoms with Gasteiger partial charge >= 0.3 is 0 Å². The number of fused-ring (bicyclic) bond motifs is 2. The van der Waals surface area contributed by atoms with E-state index in [9.17, 15) is 0 Å². The van der Waals surface area contributed by atoms with Crippen LogP contribution in [0.5, 0.6) is 0 Å². The highest BCUT2D eigenvalue weighted by Crippen LogP contribution is 2.49. The van der Waals surface area contributed by atoms with Crippen LogP contribution in [-0.4, -0.2) is 0 Å². The van der Waals surface area contributed by atoms with Crippen molar-refractivity contribution in [1.82, 2.24) is 0 Å². The van der Waals surface area contributed by atoms with Crippen LogP contribution in [0, 0.1) is 23.2 Å². The Bertz CT molecular complexity index is 180. The molecule has 2 fully saturated rings. The second-order valence-electron chi connectivity index (χ2n) is 6.24. The summed E-state index contributed by atoms with van der Waals surface area (Å²) in [4.78, 5) is 0. The van der Waals surface area contributed by atoms with Crippen LogP contribution in [0.25, 0.3) is 0 Å². The molecule has 2 saturated carbocycles. The normalized spacial score (nSPS) is 44.1. The summed E-state index contributed by atoms with van der Waals surface area (Å²) >= 11 is 0. The van der Waals surface area contributed by atoms with Crippen molar-refractivity contribution < 1.29 is 0 Å². The van der Waals surface area contributed by atoms with Gasteiger partial charge in [0.1, 0.15) is 0 Å². The Balaban J connectivity index is 2.09. The molecule has 0 N–H and O–H groups in total. The molecule has 2 aliphatic carbocycles. The van der Waals surface area contributed by atoms with Gasteiger partial charge in [-0.3, -0.25) is 0 Å². The largest absolute Gasteiger partial charge is 0.0625 e. The van der Waals surface area contributed by atoms with E-state index in [1.807, 2.05) is 0 Å². The van der Waals surface area contributed by atoms with Gasteiger partial charge in [-0.25, -0.2) is 0 Å². The summed E-state index contributed by atoms with van der Waals surface area (Å²) in [5.74, 6) is 3.12. The van der Waals surface area contributed by atoms with Crippen molar-refractivity contribution in [2.24, 2.45) is 23.2 Å². The Hall–Kier alpha value is 0. The predicted octanol–water partition coefficient (Wildman–Crippen LogP) is 4.25. The molecule has 0 heterocycles. The van der Waals surface area contributed by atoms with Gasteiger partial charge in [-0.1, -0.05) is 33.6 Å². The highest BCUT2D eigenvalue weighted by Gasteiger charge is 2.38. The Labute approximate surface area is 83.1 Å². The van der Waals surface area contributed by atoms with Gasteiger partial charge in [0, 0.05) is 0 Å². The van der Waals surface area contributed by atoms with Gasteiger partial charge in [0.2, 0.25) is 0 Å². The van der Waals surface area contributed by atoms with Crippen molar-refractivity contribution in [2.45, 2.75) is 59.3 Å². The zero-order valence-electron chi connectivity index (χ0n) is 9.47. The van der Waals surface area contributed by atoms with E-state index in [-0.39, 0.29) is 0 Å². The van der Waals surface area contributed by atoms with Crippen molar-refractivity contribution in [3.05, 3.63) is 0 Å². The molecule has 0 aromatic rings. The molecule has 0 aromatic heterocycles. The van der Waals surface area contributed by atoms with Crippen LogP contribution in [0.1, 0.15) is 59.3 Å². The molecular formula is C13H24. The summed E-state index contributed by atoms with van der Waals surface area (Å²) in [6.07, 6.45) is 9.04. The first-order chi connectivity index (χ1) is 6.08. The number of rotatable bonds is 0. The minimum atomic E-state index is 0.642. The van der Waals surface area contributed by atoms with E-state index in [1.54, 1.807) is 0 Å². The third kappa shape index (κ3) is 1.92. The van der Waals surface area contributed by atoms with E-state index < -0.39 is 0 Å². The molecule has 2 unspecified atom stereocenters. The van der Waals surface area contributed by atoms with Crippen molar-refractivity contribution in [3.8, 4) is 0 Å². The number of hydrogen-bond donors (Lipinski definition) is 0. The Morgan fingerprint density at radius 3 is 2.54 bits per heavy atom. The highest BCUT2D eigenvalue weighted by atomic mass is 14.4. The van der Waals surface area contributed by atoms with Crippen LogP contribution in [0.2, 0.25) is 0 Å². The van der Waals surface area contributed by atoms with E-state index in [0.717, 1.165) is 17.8 Å². The zero-order chi connectivity index (χ0) is 9.47. The molecule has 0 saturated heterocycles. The first kappa shape index (κ1) is 9.55. The van der Waals surface area contributed by atoms with E-state index in [4.69, 9.17) is 0 Å². The lowest BCUT2D eigenvalue weighted by molar-refractivity contribution is 0.157. The molecule has 0 amide bonds. The summed E-state index contributed by atoms with van der Waals surface area (Å²) in [6.45, 7) is 7.45. The third-order valence-electron chi connectivity index (χ3n) is 4.66. The predicted molar refractivity (Wildman–Crippen MR) is 57.6 cm³/mol. The smallest absolute Gasteiger partial charge is 0.0326 e. The molecule has 0 heteroatoms. The Morgan fingerprint density at radius 1 is 1.00 bits per heavy atom. The third-order valence-corrected chi connectivity index (χ3v) is 4.66. The Morgan fingerprint density at radius 2 is 1.77 bits per heavy atom. The maximum absolute atomic E-state index is 2.50. The van der Waals surface area contributed by atoms with Crippen LogP contribution >= 0.6 is 0 Å². The van der Waals surface area contributed by atoms with Crippen LogP contribution in [0.15, 0.2) is 0 Å². The van der Waals surface area contributed by atoms with Crippen molar-refractivity contribution in [2.75, 3.05) is 0 Å². The fourth-order valence-electron chi connectivity index (χ4n) is 3.51. The fourth-order valence-corrected chi connectivity index (χ4v) is 3.51. The SMILES string of the molecule is C[C@H]1CCC(C)(C)C2CCC(C2)C1. The average Bonchev–Trinajstić information content (AvgIpc) is 2.49. The summed E-state index contributed by atoms with van der Waals surface area (Å²) in [6, 6.07) is 0. The average molecular weight is 180 g/mol. The second kappa shape index (κ2) is 3.29. The molecule has 0 spiro atoms. The zero-order valence-corrected chi connectivity index (χ0v) is 9.47. The van der Waals surface area contributed by atoms with Gasteiger partial charge in [-0.05, 0) is 48.9 Å². The maximum Gasteiger partial charge on any atom is -0.0326 e. The Kier molecular flexibility index (Phi) is 2.42. The van der Waals surface area contributed by atoms with E-state index in [1.165, 1.54) is 38.5 Å². The van der Waals surface area contributed by atoms with E-state index in [0.29, 0.717) is 5.41 Å². The van der Waals surface area contributed by atoms with Gasteiger partial charge in [0.05, 0.1) is 0 Å². The lowest BCUT2D eigenvalue weighted by Gasteiger charge is -2.35. The molecule has 2 aliphatic rings. The summed E-state index contributed by atoms with van der Waals surface area (Å²) < 4.78 is 0. The molecule has 2 bridgehead atoms. The lowest BCUT2D eigenvalue weighted by Crippen LogP contribution is -2.25. The molecule has 2 rings (SSSR count). The van der Waals surface area contributed by atoms with E-state index >= 15 is 0 Å². The van der Waals surface area contributed by atoms with Crippen LogP contribution < -0.4 is 0 Å². The molecule has 76 valence electrons. The first-order valence-electron chi connectivity index (χ1n) is 6.08. The monoisotopic (exact) mass is 180 g/mol. The fraction of sp³-hybridized carbons (Fsp3) is 1.00. The molecule has 0 radical (unpaired) electrons. The first-order valence-corrected chi connectivity index (χ1v) is 6.08. The van der Waals surface area contributed by atoms with Crippen molar-refractivity contribution in [1.29, 1.82) is 0 Å². The summed E-state index contributed by atoms with van der Waals surface area (Å²) in [5, 5.41) is 0. The van der Waals surface area contributed by atoms with Crippen LogP contribution in [0.3, 0.4) is 0 Å². The van der Waals surface area contributed by atoms with Crippen LogP contribution in [0.4, 0.5) is 0 Å². The van der Waals surface area contributed by atoms with E-state index in [2.05, 4.69) is 20.8 Å². The highest BCUT2D eigenvalue weighted by molar-refractivity contribution is 4.89. The standard InChI is InChI=1S/C13H24/c1-10-6-7-13(2,3)12-5-4-11(8-10)9-12/h10-12H,4-9H2,1-3H3/t10-,11?,12?/m0/s1. The number of hydrogen-bond acceptors (Lipinski definition) is 0. The second-order valence-corrected chi connectivity index (χ2v) is 6.24. The van der Waals surface area contributed by atoms with Crippen LogP contribution in [-0.2, 0) is 0 Å². The summed E-state index contributed by atoms with van der Waals surface area (Å²) in [5.41, 5.74) is 0.642. The summed E-state index contributed by atoms with van der Waals surface area (Å²) in [7, 11) is 0.